The number of aromatic nitrogens is 3. The van der Waals surface area contributed by atoms with E-state index in [0.29, 0.717) is 18.1 Å². The molecule has 0 saturated carbocycles. The van der Waals surface area contributed by atoms with Crippen LogP contribution >= 0.6 is 0 Å². The average molecular weight is 303 g/mol. The average Bonchev–Trinajstić information content (AvgIpc) is 3.00. The third-order valence-electron chi connectivity index (χ3n) is 3.62. The van der Waals surface area contributed by atoms with E-state index in [0.717, 1.165) is 11.1 Å². The number of benzene rings is 2. The fourth-order valence-corrected chi connectivity index (χ4v) is 2.49. The van der Waals surface area contributed by atoms with Crippen molar-refractivity contribution in [2.45, 2.75) is 6.54 Å². The minimum Gasteiger partial charge on any atom is -0.402 e. The van der Waals surface area contributed by atoms with Gasteiger partial charge in [0.05, 0.1) is 12.9 Å². The van der Waals surface area contributed by atoms with Gasteiger partial charge in [-0.1, -0.05) is 48.5 Å². The largest absolute Gasteiger partial charge is 0.402 e. The lowest BCUT2D eigenvalue weighted by molar-refractivity contribution is 0.516. The van der Waals surface area contributed by atoms with E-state index in [9.17, 15) is 4.79 Å². The zero-order chi connectivity index (χ0) is 15.6. The van der Waals surface area contributed by atoms with Crippen molar-refractivity contribution in [3.63, 3.8) is 0 Å². The Kier molecular flexibility index (Phi) is 3.24. The SMILES string of the molecule is O=c1oc(-c2ccccc2)nc2c1ncn2Cc1ccccc1. The molecule has 2 heterocycles. The summed E-state index contributed by atoms with van der Waals surface area (Å²) in [5.41, 5.74) is 2.19. The summed E-state index contributed by atoms with van der Waals surface area (Å²) in [7, 11) is 0. The van der Waals surface area contributed by atoms with Crippen LogP contribution < -0.4 is 5.63 Å². The van der Waals surface area contributed by atoms with Crippen molar-refractivity contribution in [1.29, 1.82) is 0 Å². The van der Waals surface area contributed by atoms with Gasteiger partial charge >= 0.3 is 5.63 Å². The summed E-state index contributed by atoms with van der Waals surface area (Å²) in [6.07, 6.45) is 1.62. The minimum absolute atomic E-state index is 0.251. The first-order chi connectivity index (χ1) is 11.3. The van der Waals surface area contributed by atoms with Gasteiger partial charge in [-0.3, -0.25) is 0 Å². The zero-order valence-electron chi connectivity index (χ0n) is 12.2. The number of fused-ring (bicyclic) bond motifs is 1. The zero-order valence-corrected chi connectivity index (χ0v) is 12.2. The normalized spacial score (nSPS) is 11.0. The van der Waals surface area contributed by atoms with Gasteiger partial charge < -0.3 is 8.98 Å². The Hall–Kier alpha value is -3.21. The summed E-state index contributed by atoms with van der Waals surface area (Å²) in [6.45, 7) is 0.599. The van der Waals surface area contributed by atoms with Gasteiger partial charge in [0.25, 0.3) is 0 Å². The van der Waals surface area contributed by atoms with Crippen LogP contribution in [0.25, 0.3) is 22.6 Å². The minimum atomic E-state index is -0.472. The summed E-state index contributed by atoms with van der Waals surface area (Å²) < 4.78 is 7.15. The molecule has 4 aromatic rings. The highest BCUT2D eigenvalue weighted by atomic mass is 16.4. The molecule has 5 heteroatoms. The maximum absolute atomic E-state index is 12.2. The molecule has 0 saturated heterocycles. The lowest BCUT2D eigenvalue weighted by Gasteiger charge is -2.04. The second-order valence-corrected chi connectivity index (χ2v) is 5.20. The van der Waals surface area contributed by atoms with Crippen molar-refractivity contribution < 1.29 is 4.42 Å². The third kappa shape index (κ3) is 2.53. The highest BCUT2D eigenvalue weighted by Crippen LogP contribution is 2.18. The molecule has 112 valence electrons. The van der Waals surface area contributed by atoms with Crippen molar-refractivity contribution in [3.8, 4) is 11.5 Å². The monoisotopic (exact) mass is 303 g/mol. The summed E-state index contributed by atoms with van der Waals surface area (Å²) in [4.78, 5) is 20.8. The van der Waals surface area contributed by atoms with Crippen molar-refractivity contribution in [2.24, 2.45) is 0 Å². The molecule has 5 nitrogen and oxygen atoms in total. The second-order valence-electron chi connectivity index (χ2n) is 5.20. The van der Waals surface area contributed by atoms with E-state index in [1.807, 2.05) is 65.2 Å². The lowest BCUT2D eigenvalue weighted by Crippen LogP contribution is -2.06. The van der Waals surface area contributed by atoms with Crippen LogP contribution in [0.2, 0.25) is 0 Å². The van der Waals surface area contributed by atoms with Gasteiger partial charge in [0.15, 0.2) is 11.2 Å². The molecule has 0 fully saturated rings. The van der Waals surface area contributed by atoms with E-state index in [1.165, 1.54) is 0 Å². The van der Waals surface area contributed by atoms with E-state index < -0.39 is 5.63 Å². The summed E-state index contributed by atoms with van der Waals surface area (Å²) in [5, 5.41) is 0. The molecule has 2 aromatic carbocycles. The van der Waals surface area contributed by atoms with Gasteiger partial charge in [-0.2, -0.15) is 4.98 Å². The van der Waals surface area contributed by atoms with E-state index >= 15 is 0 Å². The molecule has 0 aliphatic rings. The van der Waals surface area contributed by atoms with Crippen LogP contribution in [0.1, 0.15) is 5.56 Å². The Morgan fingerprint density at radius 3 is 2.39 bits per heavy atom. The van der Waals surface area contributed by atoms with Crippen LogP contribution in [0, 0.1) is 0 Å². The summed E-state index contributed by atoms with van der Waals surface area (Å²) in [5.74, 6) is 0.304. The van der Waals surface area contributed by atoms with Crippen molar-refractivity contribution in [2.75, 3.05) is 0 Å². The van der Waals surface area contributed by atoms with Gasteiger partial charge in [0.1, 0.15) is 0 Å². The highest BCUT2D eigenvalue weighted by molar-refractivity contribution is 5.71. The lowest BCUT2D eigenvalue weighted by atomic mass is 10.2. The van der Waals surface area contributed by atoms with E-state index in [1.54, 1.807) is 6.33 Å². The molecule has 0 bridgehead atoms. The van der Waals surface area contributed by atoms with Crippen LogP contribution in [0.3, 0.4) is 0 Å². The first-order valence-corrected chi connectivity index (χ1v) is 7.26. The molecule has 23 heavy (non-hydrogen) atoms. The maximum atomic E-state index is 12.2. The van der Waals surface area contributed by atoms with Crippen molar-refractivity contribution >= 4 is 11.2 Å². The Bertz CT molecular complexity index is 1000. The standard InChI is InChI=1S/C18H13N3O2/c22-18-15-16(20-17(23-18)14-9-5-2-6-10-14)21(12-19-15)11-13-7-3-1-4-8-13/h1-10,12H,11H2. The maximum Gasteiger partial charge on any atom is 0.367 e. The predicted molar refractivity (Wildman–Crippen MR) is 87.0 cm³/mol. The quantitative estimate of drug-likeness (QED) is 0.583. The van der Waals surface area contributed by atoms with Gasteiger partial charge in [0.2, 0.25) is 5.89 Å². The van der Waals surface area contributed by atoms with Gasteiger partial charge in [-0.15, -0.1) is 0 Å². The Labute approximate surface area is 131 Å². The Morgan fingerprint density at radius 1 is 0.957 bits per heavy atom. The fraction of sp³-hybridized carbons (Fsp3) is 0.0556. The van der Waals surface area contributed by atoms with Gasteiger partial charge in [-0.05, 0) is 17.7 Å². The molecule has 0 atom stereocenters. The van der Waals surface area contributed by atoms with Crippen LogP contribution in [-0.4, -0.2) is 14.5 Å². The van der Waals surface area contributed by atoms with Crippen LogP contribution in [0.4, 0.5) is 0 Å². The molecular formula is C18H13N3O2. The van der Waals surface area contributed by atoms with Crippen LogP contribution in [-0.2, 0) is 6.54 Å². The van der Waals surface area contributed by atoms with E-state index in [4.69, 9.17) is 4.42 Å². The molecule has 0 radical (unpaired) electrons. The highest BCUT2D eigenvalue weighted by Gasteiger charge is 2.13. The predicted octanol–water partition coefficient (Wildman–Crippen LogP) is 3.10. The van der Waals surface area contributed by atoms with Crippen LogP contribution in [0.5, 0.6) is 0 Å². The number of imidazole rings is 1. The smallest absolute Gasteiger partial charge is 0.367 e. The van der Waals surface area contributed by atoms with E-state index in [-0.39, 0.29) is 5.52 Å². The number of nitrogens with zero attached hydrogens (tertiary/aromatic N) is 3. The molecule has 2 aromatic heterocycles. The van der Waals surface area contributed by atoms with Crippen LogP contribution in [0.15, 0.2) is 76.2 Å². The van der Waals surface area contributed by atoms with Gasteiger partial charge in [0, 0.05) is 5.56 Å². The van der Waals surface area contributed by atoms with E-state index in [2.05, 4.69) is 9.97 Å². The second kappa shape index (κ2) is 5.53. The topological polar surface area (TPSA) is 60.9 Å². The summed E-state index contributed by atoms with van der Waals surface area (Å²) in [6, 6.07) is 19.3. The third-order valence-corrected chi connectivity index (χ3v) is 3.62. The first-order valence-electron chi connectivity index (χ1n) is 7.26. The van der Waals surface area contributed by atoms with Gasteiger partial charge in [-0.25, -0.2) is 9.78 Å². The first kappa shape index (κ1) is 13.5. The van der Waals surface area contributed by atoms with Crippen molar-refractivity contribution in [1.82, 2.24) is 14.5 Å². The molecule has 4 rings (SSSR count). The molecule has 0 spiro atoms. The Balaban J connectivity index is 1.84. The van der Waals surface area contributed by atoms with Crippen molar-refractivity contribution in [3.05, 3.63) is 83.0 Å². The fourth-order valence-electron chi connectivity index (χ4n) is 2.49. The molecular weight excluding hydrogens is 290 g/mol. The molecule has 0 aliphatic heterocycles. The summed E-state index contributed by atoms with van der Waals surface area (Å²) >= 11 is 0. The molecule has 0 aliphatic carbocycles. The number of rotatable bonds is 3. The molecule has 0 N–H and O–H groups in total. The number of hydrogen-bond donors (Lipinski definition) is 0. The Morgan fingerprint density at radius 2 is 1.65 bits per heavy atom. The molecule has 0 unspecified atom stereocenters. The number of hydrogen-bond acceptors (Lipinski definition) is 4. The molecule has 0 amide bonds.